The Balaban J connectivity index is 1.84. The lowest BCUT2D eigenvalue weighted by Gasteiger charge is -2.20. The normalized spacial score (nSPS) is 10.9. The third-order valence-corrected chi connectivity index (χ3v) is 4.75. The maximum atomic E-state index is 13.2. The summed E-state index contributed by atoms with van der Waals surface area (Å²) >= 11 is 0. The molecule has 1 N–H and O–H groups in total. The molecule has 4 aromatic rings. The molecule has 0 aliphatic carbocycles. The number of carbonyl (C=O) groups is 1. The lowest BCUT2D eigenvalue weighted by Crippen LogP contribution is -2.34. The van der Waals surface area contributed by atoms with Gasteiger partial charge < -0.3 is 9.88 Å². The number of amides is 1. The second kappa shape index (κ2) is 7.15. The summed E-state index contributed by atoms with van der Waals surface area (Å²) in [6.45, 7) is 4.12. The highest BCUT2D eigenvalue weighted by molar-refractivity contribution is 6.07. The van der Waals surface area contributed by atoms with Crippen LogP contribution >= 0.6 is 0 Å². The van der Waals surface area contributed by atoms with Crippen LogP contribution in [0.25, 0.3) is 16.7 Å². The van der Waals surface area contributed by atoms with E-state index in [4.69, 9.17) is 0 Å². The van der Waals surface area contributed by atoms with Crippen molar-refractivity contribution in [2.75, 3.05) is 11.4 Å². The van der Waals surface area contributed by atoms with E-state index in [0.717, 1.165) is 11.4 Å². The third kappa shape index (κ3) is 2.89. The molecule has 6 nitrogen and oxygen atoms in total. The number of pyridine rings is 1. The summed E-state index contributed by atoms with van der Waals surface area (Å²) in [5.74, 6) is -0.330. The number of carbonyl (C=O) groups excluding carboxylic acids is 1. The van der Waals surface area contributed by atoms with Gasteiger partial charge in [0.05, 0.1) is 16.8 Å². The molecule has 0 spiro atoms. The highest BCUT2D eigenvalue weighted by Gasteiger charge is 2.23. The van der Waals surface area contributed by atoms with Crippen LogP contribution in [-0.2, 0) is 0 Å². The van der Waals surface area contributed by atoms with Gasteiger partial charge in [-0.15, -0.1) is 0 Å². The molecule has 6 heteroatoms. The summed E-state index contributed by atoms with van der Waals surface area (Å²) in [5.41, 5.74) is 2.55. The van der Waals surface area contributed by atoms with Crippen molar-refractivity contribution in [2.24, 2.45) is 0 Å². The topological polar surface area (TPSA) is 71.0 Å². The monoisotopic (exact) mass is 372 g/mol. The van der Waals surface area contributed by atoms with E-state index in [0.29, 0.717) is 23.3 Å². The van der Waals surface area contributed by atoms with Crippen LogP contribution in [-0.4, -0.2) is 27.2 Å². The second-order valence-corrected chi connectivity index (χ2v) is 6.47. The van der Waals surface area contributed by atoms with Gasteiger partial charge in [0.15, 0.2) is 0 Å². The first-order chi connectivity index (χ1) is 13.6. The Bertz CT molecular complexity index is 1190. The van der Waals surface area contributed by atoms with Gasteiger partial charge in [-0.1, -0.05) is 36.4 Å². The molecule has 2 aromatic carbocycles. The highest BCUT2D eigenvalue weighted by Crippen LogP contribution is 2.20. The predicted molar refractivity (Wildman–Crippen MR) is 110 cm³/mol. The van der Waals surface area contributed by atoms with Crippen molar-refractivity contribution in [3.63, 3.8) is 0 Å². The summed E-state index contributed by atoms with van der Waals surface area (Å²) in [7, 11) is 0. The molecule has 0 saturated heterocycles. The van der Waals surface area contributed by atoms with E-state index in [1.807, 2.05) is 67.6 Å². The van der Waals surface area contributed by atoms with Crippen LogP contribution in [0, 0.1) is 6.92 Å². The van der Waals surface area contributed by atoms with Gasteiger partial charge in [0.25, 0.3) is 5.91 Å². The van der Waals surface area contributed by atoms with Crippen LogP contribution in [0.5, 0.6) is 0 Å². The number of aromatic amines is 1. The minimum absolute atomic E-state index is 0.105. The van der Waals surface area contributed by atoms with E-state index >= 15 is 0 Å². The van der Waals surface area contributed by atoms with Crippen molar-refractivity contribution in [1.82, 2.24) is 14.8 Å². The summed E-state index contributed by atoms with van der Waals surface area (Å²) in [6, 6.07) is 18.9. The van der Waals surface area contributed by atoms with Gasteiger partial charge in [-0.2, -0.15) is 5.10 Å². The lowest BCUT2D eigenvalue weighted by atomic mass is 10.1. The average molecular weight is 372 g/mol. The van der Waals surface area contributed by atoms with Crippen LogP contribution in [0.4, 0.5) is 5.69 Å². The zero-order valence-electron chi connectivity index (χ0n) is 15.7. The average Bonchev–Trinajstić information content (AvgIpc) is 3.07. The van der Waals surface area contributed by atoms with Crippen molar-refractivity contribution < 1.29 is 4.79 Å². The molecule has 0 bridgehead atoms. The Hall–Kier alpha value is -3.67. The van der Waals surface area contributed by atoms with Crippen LogP contribution < -0.4 is 10.3 Å². The number of hydrogen-bond donors (Lipinski definition) is 1. The number of hydrogen-bond acceptors (Lipinski definition) is 3. The van der Waals surface area contributed by atoms with Crippen LogP contribution in [0.3, 0.4) is 0 Å². The lowest BCUT2D eigenvalue weighted by molar-refractivity contribution is 0.0987. The van der Waals surface area contributed by atoms with Gasteiger partial charge in [-0.25, -0.2) is 4.68 Å². The van der Waals surface area contributed by atoms with Crippen molar-refractivity contribution in [3.8, 4) is 5.69 Å². The molecule has 0 fully saturated rings. The number of nitrogens with zero attached hydrogens (tertiary/aromatic N) is 3. The zero-order valence-corrected chi connectivity index (χ0v) is 15.7. The smallest absolute Gasteiger partial charge is 0.263 e. The quantitative estimate of drug-likeness (QED) is 0.594. The fraction of sp³-hybridized carbons (Fsp3) is 0.136. The number of benzene rings is 2. The van der Waals surface area contributed by atoms with Crippen molar-refractivity contribution >= 4 is 22.6 Å². The molecular weight excluding hydrogens is 352 g/mol. The zero-order chi connectivity index (χ0) is 19.7. The SMILES string of the molecule is CCN(C(=O)c1c[nH]c2c(c(C)nn2-c2ccccc2)c1=O)c1ccccc1. The Morgan fingerprint density at radius 2 is 1.71 bits per heavy atom. The van der Waals surface area contributed by atoms with Crippen LogP contribution in [0.2, 0.25) is 0 Å². The molecule has 0 saturated carbocycles. The van der Waals surface area contributed by atoms with E-state index in [9.17, 15) is 9.59 Å². The number of anilines is 1. The van der Waals surface area contributed by atoms with Gasteiger partial charge in [0.2, 0.25) is 5.43 Å². The fourth-order valence-corrected chi connectivity index (χ4v) is 3.38. The summed E-state index contributed by atoms with van der Waals surface area (Å²) in [5, 5.41) is 4.93. The Morgan fingerprint density at radius 1 is 1.07 bits per heavy atom. The summed E-state index contributed by atoms with van der Waals surface area (Å²) in [6.07, 6.45) is 1.49. The van der Waals surface area contributed by atoms with Crippen molar-refractivity contribution in [3.05, 3.63) is 88.3 Å². The largest absolute Gasteiger partial charge is 0.345 e. The molecule has 28 heavy (non-hydrogen) atoms. The predicted octanol–water partition coefficient (Wildman–Crippen LogP) is 3.69. The van der Waals surface area contributed by atoms with Gasteiger partial charge in [0, 0.05) is 18.4 Å². The number of para-hydroxylation sites is 2. The van der Waals surface area contributed by atoms with E-state index in [1.54, 1.807) is 16.5 Å². The van der Waals surface area contributed by atoms with E-state index in [-0.39, 0.29) is 16.9 Å². The van der Waals surface area contributed by atoms with Gasteiger partial charge in [-0.3, -0.25) is 9.59 Å². The second-order valence-electron chi connectivity index (χ2n) is 6.47. The molecule has 1 amide bonds. The molecule has 0 unspecified atom stereocenters. The Labute approximate surface area is 162 Å². The van der Waals surface area contributed by atoms with Gasteiger partial charge in [-0.05, 0) is 38.1 Å². The summed E-state index contributed by atoms with van der Waals surface area (Å²) < 4.78 is 1.69. The minimum atomic E-state index is -0.330. The van der Waals surface area contributed by atoms with E-state index < -0.39 is 0 Å². The maximum absolute atomic E-state index is 13.2. The molecule has 2 aromatic heterocycles. The standard InChI is InChI=1S/C22H20N4O2/c1-3-25(16-10-6-4-7-11-16)22(28)18-14-23-21-19(20(18)27)15(2)24-26(21)17-12-8-5-9-13-17/h4-14H,3H2,1-2H3,(H,23,27). The Kier molecular flexibility index (Phi) is 4.53. The van der Waals surface area contributed by atoms with Crippen molar-refractivity contribution in [2.45, 2.75) is 13.8 Å². The number of H-pyrrole nitrogens is 1. The summed E-state index contributed by atoms with van der Waals surface area (Å²) in [4.78, 5) is 31.0. The number of rotatable bonds is 4. The van der Waals surface area contributed by atoms with Crippen molar-refractivity contribution in [1.29, 1.82) is 0 Å². The third-order valence-electron chi connectivity index (χ3n) is 4.75. The molecule has 0 aliphatic heterocycles. The first kappa shape index (κ1) is 17.7. The number of fused-ring (bicyclic) bond motifs is 1. The number of aromatic nitrogens is 3. The minimum Gasteiger partial charge on any atom is -0.345 e. The van der Waals surface area contributed by atoms with E-state index in [2.05, 4.69) is 10.1 Å². The van der Waals surface area contributed by atoms with Gasteiger partial charge in [0.1, 0.15) is 11.2 Å². The molecule has 0 aliphatic rings. The molecule has 0 radical (unpaired) electrons. The first-order valence-electron chi connectivity index (χ1n) is 9.15. The fourth-order valence-electron chi connectivity index (χ4n) is 3.38. The van der Waals surface area contributed by atoms with E-state index in [1.165, 1.54) is 6.20 Å². The molecule has 140 valence electrons. The first-order valence-corrected chi connectivity index (χ1v) is 9.15. The highest BCUT2D eigenvalue weighted by atomic mass is 16.2. The molecular formula is C22H20N4O2. The number of aryl methyl sites for hydroxylation is 1. The number of nitrogens with one attached hydrogen (secondary N) is 1. The maximum Gasteiger partial charge on any atom is 0.263 e. The molecule has 2 heterocycles. The van der Waals surface area contributed by atoms with Crippen LogP contribution in [0.15, 0.2) is 71.7 Å². The Morgan fingerprint density at radius 3 is 2.36 bits per heavy atom. The molecule has 4 rings (SSSR count). The van der Waals surface area contributed by atoms with Gasteiger partial charge >= 0.3 is 0 Å². The molecule has 0 atom stereocenters. The van der Waals surface area contributed by atoms with Crippen LogP contribution in [0.1, 0.15) is 23.0 Å².